The van der Waals surface area contributed by atoms with E-state index in [1.54, 1.807) is 0 Å². The predicted molar refractivity (Wildman–Crippen MR) is 108 cm³/mol. The quantitative estimate of drug-likeness (QED) is 0.768. The average Bonchev–Trinajstić information content (AvgIpc) is 2.69. The van der Waals surface area contributed by atoms with Gasteiger partial charge in [-0.1, -0.05) is 53.5 Å². The number of rotatable bonds is 5. The summed E-state index contributed by atoms with van der Waals surface area (Å²) in [5.41, 5.74) is 0.975. The van der Waals surface area contributed by atoms with E-state index in [0.717, 1.165) is 5.56 Å². The van der Waals surface area contributed by atoms with E-state index in [1.807, 2.05) is 37.3 Å². The molecule has 0 unspecified atom stereocenters. The Hall–Kier alpha value is -1.64. The maximum atomic E-state index is 12.9. The number of hydrogen-bond donors (Lipinski definition) is 1. The number of benzene rings is 2. The highest BCUT2D eigenvalue weighted by Crippen LogP contribution is 2.31. The molecule has 0 spiro atoms. The van der Waals surface area contributed by atoms with Gasteiger partial charge in [-0.05, 0) is 24.6 Å². The molecule has 1 aliphatic heterocycles. The second kappa shape index (κ2) is 8.80. The van der Waals surface area contributed by atoms with Crippen molar-refractivity contribution in [1.82, 2.24) is 9.62 Å². The second-order valence-electron chi connectivity index (χ2n) is 6.38. The van der Waals surface area contributed by atoms with E-state index in [-0.39, 0.29) is 39.6 Å². The highest BCUT2D eigenvalue weighted by atomic mass is 35.5. The molecule has 1 heterocycles. The third kappa shape index (κ3) is 4.50. The summed E-state index contributed by atoms with van der Waals surface area (Å²) in [6, 6.07) is 11.7. The number of morpholine rings is 1. The van der Waals surface area contributed by atoms with Gasteiger partial charge in [0.05, 0.1) is 34.9 Å². The molecule has 1 fully saturated rings. The Morgan fingerprint density at radius 1 is 1.11 bits per heavy atom. The molecule has 9 heteroatoms. The van der Waals surface area contributed by atoms with E-state index in [4.69, 9.17) is 27.9 Å². The maximum absolute atomic E-state index is 12.9. The van der Waals surface area contributed by atoms with Gasteiger partial charge in [0.25, 0.3) is 5.91 Å². The van der Waals surface area contributed by atoms with Crippen molar-refractivity contribution in [3.05, 3.63) is 63.6 Å². The number of nitrogens with zero attached hydrogens (tertiary/aromatic N) is 1. The van der Waals surface area contributed by atoms with Crippen molar-refractivity contribution in [2.75, 3.05) is 26.3 Å². The van der Waals surface area contributed by atoms with Gasteiger partial charge in [-0.2, -0.15) is 4.31 Å². The van der Waals surface area contributed by atoms with Gasteiger partial charge in [0.2, 0.25) is 10.0 Å². The summed E-state index contributed by atoms with van der Waals surface area (Å²) in [7, 11) is -3.86. The molecule has 150 valence electrons. The van der Waals surface area contributed by atoms with Crippen LogP contribution in [0, 0.1) is 0 Å². The average molecular weight is 443 g/mol. The summed E-state index contributed by atoms with van der Waals surface area (Å²) in [6.45, 7) is 2.92. The van der Waals surface area contributed by atoms with Crippen LogP contribution < -0.4 is 5.32 Å². The van der Waals surface area contributed by atoms with Gasteiger partial charge in [0.15, 0.2) is 0 Å². The summed E-state index contributed by atoms with van der Waals surface area (Å²) in [5, 5.41) is 2.90. The summed E-state index contributed by atoms with van der Waals surface area (Å²) < 4.78 is 32.4. The van der Waals surface area contributed by atoms with Crippen LogP contribution in [0.1, 0.15) is 28.9 Å². The normalized spacial score (nSPS) is 16.5. The number of carbonyl (C=O) groups is 1. The molecule has 6 nitrogen and oxygen atoms in total. The van der Waals surface area contributed by atoms with Crippen molar-refractivity contribution in [1.29, 1.82) is 0 Å². The minimum absolute atomic E-state index is 0.0239. The van der Waals surface area contributed by atoms with Crippen LogP contribution >= 0.6 is 23.2 Å². The Kier molecular flexibility index (Phi) is 6.62. The molecular formula is C19H20Cl2N2O4S. The van der Waals surface area contributed by atoms with Gasteiger partial charge in [-0.3, -0.25) is 4.79 Å². The van der Waals surface area contributed by atoms with Gasteiger partial charge in [0, 0.05) is 13.1 Å². The molecule has 2 aromatic rings. The van der Waals surface area contributed by atoms with Crippen LogP contribution in [0.25, 0.3) is 0 Å². The number of amides is 1. The number of nitrogens with one attached hydrogen (secondary N) is 1. The van der Waals surface area contributed by atoms with E-state index < -0.39 is 15.9 Å². The molecule has 1 N–H and O–H groups in total. The zero-order chi connectivity index (χ0) is 20.3. The van der Waals surface area contributed by atoms with Gasteiger partial charge >= 0.3 is 0 Å². The topological polar surface area (TPSA) is 75.7 Å². The molecule has 0 aromatic heterocycles. The van der Waals surface area contributed by atoms with E-state index in [9.17, 15) is 13.2 Å². The first kappa shape index (κ1) is 21.1. The van der Waals surface area contributed by atoms with Crippen molar-refractivity contribution in [2.45, 2.75) is 17.9 Å². The van der Waals surface area contributed by atoms with Crippen LogP contribution in [0.4, 0.5) is 0 Å². The Morgan fingerprint density at radius 3 is 2.39 bits per heavy atom. The fourth-order valence-corrected chi connectivity index (χ4v) is 5.17. The minimum atomic E-state index is -3.86. The summed E-state index contributed by atoms with van der Waals surface area (Å²) in [5.74, 6) is -0.476. The van der Waals surface area contributed by atoms with Crippen molar-refractivity contribution >= 4 is 39.1 Å². The highest BCUT2D eigenvalue weighted by Gasteiger charge is 2.30. The molecule has 3 rings (SSSR count). The zero-order valence-electron chi connectivity index (χ0n) is 15.2. The van der Waals surface area contributed by atoms with E-state index in [2.05, 4.69) is 5.32 Å². The number of ether oxygens (including phenoxy) is 1. The van der Waals surface area contributed by atoms with E-state index in [0.29, 0.717) is 13.2 Å². The first-order chi connectivity index (χ1) is 13.3. The van der Waals surface area contributed by atoms with Crippen molar-refractivity contribution in [3.8, 4) is 0 Å². The summed E-state index contributed by atoms with van der Waals surface area (Å²) >= 11 is 12.3. The van der Waals surface area contributed by atoms with Crippen LogP contribution in [-0.4, -0.2) is 44.9 Å². The fraction of sp³-hybridized carbons (Fsp3) is 0.316. The minimum Gasteiger partial charge on any atom is -0.379 e. The molecule has 1 saturated heterocycles. The molecule has 28 heavy (non-hydrogen) atoms. The number of sulfonamides is 1. The van der Waals surface area contributed by atoms with Gasteiger partial charge in [-0.25, -0.2) is 8.42 Å². The van der Waals surface area contributed by atoms with Crippen molar-refractivity contribution in [2.24, 2.45) is 0 Å². The molecule has 0 aliphatic carbocycles. The second-order valence-corrected chi connectivity index (χ2v) is 9.11. The molecule has 1 aliphatic rings. The summed E-state index contributed by atoms with van der Waals surface area (Å²) in [6.07, 6.45) is 0. The van der Waals surface area contributed by atoms with Crippen LogP contribution in [0.5, 0.6) is 0 Å². The van der Waals surface area contributed by atoms with Crippen LogP contribution in [0.3, 0.4) is 0 Å². The maximum Gasteiger partial charge on any atom is 0.253 e. The molecule has 0 saturated carbocycles. The van der Waals surface area contributed by atoms with Crippen LogP contribution in [0.2, 0.25) is 10.0 Å². The first-order valence-corrected chi connectivity index (χ1v) is 10.9. The molecule has 0 radical (unpaired) electrons. The van der Waals surface area contributed by atoms with E-state index in [1.165, 1.54) is 16.4 Å². The van der Waals surface area contributed by atoms with Gasteiger partial charge in [0.1, 0.15) is 4.90 Å². The van der Waals surface area contributed by atoms with Crippen LogP contribution in [0.15, 0.2) is 47.4 Å². The smallest absolute Gasteiger partial charge is 0.253 e. The standard InChI is InChI=1S/C19H20Cl2N2O4S/c1-13(14-5-3-2-4-6-14)22-19(24)15-11-18(17(21)12-16(15)20)28(25,26)23-7-9-27-10-8-23/h2-6,11-13H,7-10H2,1H3,(H,22,24)/t13-/m0/s1. The molecular weight excluding hydrogens is 423 g/mol. The number of halogens is 2. The lowest BCUT2D eigenvalue weighted by atomic mass is 10.1. The molecule has 1 amide bonds. The Labute approximate surface area is 174 Å². The Bertz CT molecular complexity index is 961. The molecule has 0 bridgehead atoms. The lowest BCUT2D eigenvalue weighted by Crippen LogP contribution is -2.40. The largest absolute Gasteiger partial charge is 0.379 e. The number of hydrogen-bond acceptors (Lipinski definition) is 4. The van der Waals surface area contributed by atoms with Gasteiger partial charge in [-0.15, -0.1) is 0 Å². The molecule has 1 atom stereocenters. The predicted octanol–water partition coefficient (Wildman–Crippen LogP) is 3.51. The monoisotopic (exact) mass is 442 g/mol. The lowest BCUT2D eigenvalue weighted by molar-refractivity contribution is 0.0730. The van der Waals surface area contributed by atoms with Crippen molar-refractivity contribution in [3.63, 3.8) is 0 Å². The lowest BCUT2D eigenvalue weighted by Gasteiger charge is -2.26. The van der Waals surface area contributed by atoms with Gasteiger partial charge < -0.3 is 10.1 Å². The fourth-order valence-electron chi connectivity index (χ4n) is 2.93. The molecule has 2 aromatic carbocycles. The summed E-state index contributed by atoms with van der Waals surface area (Å²) in [4.78, 5) is 12.6. The zero-order valence-corrected chi connectivity index (χ0v) is 17.5. The third-order valence-corrected chi connectivity index (χ3v) is 7.18. The SMILES string of the molecule is C[C@H](NC(=O)c1cc(S(=O)(=O)N2CCOCC2)c(Cl)cc1Cl)c1ccccc1. The van der Waals surface area contributed by atoms with E-state index >= 15 is 0 Å². The van der Waals surface area contributed by atoms with Crippen LogP contribution in [-0.2, 0) is 14.8 Å². The Morgan fingerprint density at radius 2 is 1.75 bits per heavy atom. The third-order valence-electron chi connectivity index (χ3n) is 4.50. The van der Waals surface area contributed by atoms with Crippen molar-refractivity contribution < 1.29 is 17.9 Å². The highest BCUT2D eigenvalue weighted by molar-refractivity contribution is 7.89. The number of carbonyl (C=O) groups excluding carboxylic acids is 1. The first-order valence-electron chi connectivity index (χ1n) is 8.73. The Balaban J connectivity index is 1.89.